The molecule has 3 fully saturated rings. The van der Waals surface area contributed by atoms with Crippen molar-refractivity contribution in [3.05, 3.63) is 12.7 Å². The molecule has 0 aromatic rings. The standard InChI is InChI=1S/C20H33N3O3/c1-3-10-21-11-13-22(14-12-21)19(25)20-8-5-4-6-17(20)23(15-16-26-2)18(24)7-9-20/h3,17H,1,4-16H2,2H3/t17-,20-/m1/s1. The van der Waals surface area contributed by atoms with E-state index in [9.17, 15) is 9.59 Å². The predicted molar refractivity (Wildman–Crippen MR) is 101 cm³/mol. The summed E-state index contributed by atoms with van der Waals surface area (Å²) >= 11 is 0. The van der Waals surface area contributed by atoms with Crippen molar-refractivity contribution >= 4 is 11.8 Å². The van der Waals surface area contributed by atoms with Gasteiger partial charge < -0.3 is 14.5 Å². The molecule has 0 unspecified atom stereocenters. The van der Waals surface area contributed by atoms with Gasteiger partial charge in [-0.1, -0.05) is 18.9 Å². The fourth-order valence-corrected chi connectivity index (χ4v) is 5.07. The monoisotopic (exact) mass is 363 g/mol. The van der Waals surface area contributed by atoms with Crippen LogP contribution in [0.2, 0.25) is 0 Å². The molecule has 0 spiro atoms. The molecule has 1 saturated carbocycles. The van der Waals surface area contributed by atoms with Crippen LogP contribution in [0.5, 0.6) is 0 Å². The van der Waals surface area contributed by atoms with Gasteiger partial charge in [0.15, 0.2) is 0 Å². The summed E-state index contributed by atoms with van der Waals surface area (Å²) < 4.78 is 5.21. The van der Waals surface area contributed by atoms with E-state index in [0.29, 0.717) is 26.0 Å². The lowest BCUT2D eigenvalue weighted by molar-refractivity contribution is -0.163. The number of hydrogen-bond donors (Lipinski definition) is 0. The maximum Gasteiger partial charge on any atom is 0.230 e. The quantitative estimate of drug-likeness (QED) is 0.672. The molecule has 0 aromatic carbocycles. The van der Waals surface area contributed by atoms with E-state index in [1.165, 1.54) is 0 Å². The Kier molecular flexibility index (Phi) is 6.35. The first-order chi connectivity index (χ1) is 12.6. The molecule has 26 heavy (non-hydrogen) atoms. The van der Waals surface area contributed by atoms with Gasteiger partial charge in [0.25, 0.3) is 0 Å². The van der Waals surface area contributed by atoms with E-state index in [4.69, 9.17) is 4.74 Å². The van der Waals surface area contributed by atoms with Gasteiger partial charge in [-0.2, -0.15) is 0 Å². The second-order valence-electron chi connectivity index (χ2n) is 7.88. The number of hydrogen-bond acceptors (Lipinski definition) is 4. The second kappa shape index (κ2) is 8.53. The summed E-state index contributed by atoms with van der Waals surface area (Å²) in [5.41, 5.74) is -0.374. The Labute approximate surface area is 157 Å². The van der Waals surface area contributed by atoms with Crippen molar-refractivity contribution in [1.82, 2.24) is 14.7 Å². The highest BCUT2D eigenvalue weighted by atomic mass is 16.5. The summed E-state index contributed by atoms with van der Waals surface area (Å²) in [6.07, 6.45) is 7.17. The Morgan fingerprint density at radius 1 is 1.27 bits per heavy atom. The SMILES string of the molecule is C=CCN1CCN(C(=O)[C@@]23CCCC[C@H]2N(CCOC)C(=O)CC3)CC1. The lowest BCUT2D eigenvalue weighted by Crippen LogP contribution is -2.64. The summed E-state index contributed by atoms with van der Waals surface area (Å²) in [6, 6.07) is 0.0476. The van der Waals surface area contributed by atoms with Crippen LogP contribution < -0.4 is 0 Å². The third-order valence-corrected chi connectivity index (χ3v) is 6.48. The molecular formula is C20H33N3O3. The highest BCUT2D eigenvalue weighted by Crippen LogP contribution is 2.47. The van der Waals surface area contributed by atoms with Crippen LogP contribution in [0.15, 0.2) is 12.7 Å². The minimum absolute atomic E-state index is 0.0476. The number of piperazine rings is 1. The molecular weight excluding hydrogens is 330 g/mol. The number of amides is 2. The van der Waals surface area contributed by atoms with Crippen LogP contribution in [0, 0.1) is 5.41 Å². The van der Waals surface area contributed by atoms with Gasteiger partial charge >= 0.3 is 0 Å². The molecule has 0 radical (unpaired) electrons. The average Bonchev–Trinajstić information content (AvgIpc) is 2.67. The van der Waals surface area contributed by atoms with Crippen molar-refractivity contribution in [3.8, 4) is 0 Å². The van der Waals surface area contributed by atoms with Crippen LogP contribution in [-0.2, 0) is 14.3 Å². The van der Waals surface area contributed by atoms with Crippen LogP contribution >= 0.6 is 0 Å². The van der Waals surface area contributed by atoms with E-state index < -0.39 is 0 Å². The Morgan fingerprint density at radius 3 is 2.73 bits per heavy atom. The molecule has 6 heteroatoms. The highest BCUT2D eigenvalue weighted by molar-refractivity contribution is 5.88. The summed E-state index contributed by atoms with van der Waals surface area (Å²) in [7, 11) is 1.66. The normalized spacial score (nSPS) is 30.2. The van der Waals surface area contributed by atoms with Gasteiger partial charge in [0.2, 0.25) is 11.8 Å². The van der Waals surface area contributed by atoms with Gasteiger partial charge in [0, 0.05) is 58.8 Å². The molecule has 2 aliphatic heterocycles. The van der Waals surface area contributed by atoms with E-state index >= 15 is 0 Å². The molecule has 1 aliphatic carbocycles. The third-order valence-electron chi connectivity index (χ3n) is 6.48. The van der Waals surface area contributed by atoms with Gasteiger partial charge in [0.1, 0.15) is 0 Å². The number of carbonyl (C=O) groups is 2. The molecule has 6 nitrogen and oxygen atoms in total. The lowest BCUT2D eigenvalue weighted by Gasteiger charge is -2.53. The van der Waals surface area contributed by atoms with Crippen molar-refractivity contribution in [2.75, 3.05) is 53.0 Å². The molecule has 146 valence electrons. The summed E-state index contributed by atoms with van der Waals surface area (Å²) in [5.74, 6) is 0.476. The van der Waals surface area contributed by atoms with Gasteiger partial charge in [-0.25, -0.2) is 0 Å². The number of carbonyl (C=O) groups excluding carboxylic acids is 2. The number of fused-ring (bicyclic) bond motifs is 1. The molecule has 2 saturated heterocycles. The van der Waals surface area contributed by atoms with E-state index in [1.54, 1.807) is 7.11 Å². The topological polar surface area (TPSA) is 53.1 Å². The maximum absolute atomic E-state index is 13.6. The Bertz CT molecular complexity index is 530. The molecule has 2 atom stereocenters. The van der Waals surface area contributed by atoms with Crippen LogP contribution in [0.25, 0.3) is 0 Å². The number of likely N-dealkylation sites (tertiary alicyclic amines) is 1. The Morgan fingerprint density at radius 2 is 2.04 bits per heavy atom. The van der Waals surface area contributed by atoms with Gasteiger partial charge in [-0.3, -0.25) is 14.5 Å². The number of nitrogens with zero attached hydrogens (tertiary/aromatic N) is 3. The zero-order chi connectivity index (χ0) is 18.6. The molecule has 2 amide bonds. The number of rotatable bonds is 6. The second-order valence-corrected chi connectivity index (χ2v) is 7.88. The van der Waals surface area contributed by atoms with E-state index in [1.807, 2.05) is 11.0 Å². The molecule has 3 rings (SSSR count). The molecule has 0 aromatic heterocycles. The van der Waals surface area contributed by atoms with Gasteiger partial charge in [-0.15, -0.1) is 6.58 Å². The van der Waals surface area contributed by atoms with Gasteiger partial charge in [0.05, 0.1) is 12.0 Å². The van der Waals surface area contributed by atoms with Crippen molar-refractivity contribution in [2.45, 2.75) is 44.6 Å². The Hall–Kier alpha value is -1.40. The fraction of sp³-hybridized carbons (Fsp3) is 0.800. The Balaban J connectivity index is 1.75. The first kappa shape index (κ1) is 19.4. The number of ether oxygens (including phenoxy) is 1. The third kappa shape index (κ3) is 3.67. The van der Waals surface area contributed by atoms with Crippen molar-refractivity contribution < 1.29 is 14.3 Å². The molecule has 2 heterocycles. The number of methoxy groups -OCH3 is 1. The number of piperidine rings is 1. The molecule has 0 bridgehead atoms. The zero-order valence-electron chi connectivity index (χ0n) is 16.1. The zero-order valence-corrected chi connectivity index (χ0v) is 16.1. The van der Waals surface area contributed by atoms with Crippen LogP contribution in [0.3, 0.4) is 0 Å². The van der Waals surface area contributed by atoms with E-state index in [2.05, 4.69) is 16.4 Å². The van der Waals surface area contributed by atoms with Crippen LogP contribution in [0.4, 0.5) is 0 Å². The van der Waals surface area contributed by atoms with Gasteiger partial charge in [-0.05, 0) is 19.3 Å². The van der Waals surface area contributed by atoms with Crippen molar-refractivity contribution in [3.63, 3.8) is 0 Å². The lowest BCUT2D eigenvalue weighted by atomic mass is 9.64. The van der Waals surface area contributed by atoms with Crippen LogP contribution in [-0.4, -0.2) is 85.5 Å². The minimum Gasteiger partial charge on any atom is -0.383 e. The first-order valence-corrected chi connectivity index (χ1v) is 10.0. The van der Waals surface area contributed by atoms with Crippen molar-refractivity contribution in [2.24, 2.45) is 5.41 Å². The summed E-state index contributed by atoms with van der Waals surface area (Å²) in [5, 5.41) is 0. The fourth-order valence-electron chi connectivity index (χ4n) is 5.07. The highest BCUT2D eigenvalue weighted by Gasteiger charge is 2.54. The largest absolute Gasteiger partial charge is 0.383 e. The van der Waals surface area contributed by atoms with Crippen molar-refractivity contribution in [1.29, 1.82) is 0 Å². The van der Waals surface area contributed by atoms with Crippen LogP contribution in [0.1, 0.15) is 38.5 Å². The van der Waals surface area contributed by atoms with E-state index in [-0.39, 0.29) is 23.3 Å². The summed E-state index contributed by atoms with van der Waals surface area (Å²) in [6.45, 7) is 9.21. The smallest absolute Gasteiger partial charge is 0.230 e. The molecule has 3 aliphatic rings. The first-order valence-electron chi connectivity index (χ1n) is 10.0. The maximum atomic E-state index is 13.6. The van der Waals surface area contributed by atoms with E-state index in [0.717, 1.165) is 58.4 Å². The minimum atomic E-state index is -0.374. The average molecular weight is 364 g/mol. The predicted octanol–water partition coefficient (Wildman–Crippen LogP) is 1.51. The summed E-state index contributed by atoms with van der Waals surface area (Å²) in [4.78, 5) is 32.5. The molecule has 0 N–H and O–H groups in total.